The van der Waals surface area contributed by atoms with Gasteiger partial charge >= 0.3 is 0 Å². The summed E-state index contributed by atoms with van der Waals surface area (Å²) >= 11 is 0. The highest BCUT2D eigenvalue weighted by Gasteiger charge is 2.32. The van der Waals surface area contributed by atoms with Crippen LogP contribution in [0.25, 0.3) is 0 Å². The summed E-state index contributed by atoms with van der Waals surface area (Å²) in [4.78, 5) is 0. The molecular formula is C20H32O2. The third-order valence-corrected chi connectivity index (χ3v) is 5.24. The molecule has 1 aliphatic carbocycles. The molecule has 0 radical (unpaired) electrons. The van der Waals surface area contributed by atoms with E-state index in [1.807, 2.05) is 7.11 Å². The molecule has 0 aliphatic heterocycles. The number of aryl methyl sites for hydroxylation is 1. The Labute approximate surface area is 135 Å². The normalized spacial score (nSPS) is 17.5. The predicted molar refractivity (Wildman–Crippen MR) is 92.8 cm³/mol. The van der Waals surface area contributed by atoms with Gasteiger partial charge < -0.3 is 9.84 Å². The van der Waals surface area contributed by atoms with Crippen LogP contribution >= 0.6 is 0 Å². The molecule has 124 valence electrons. The van der Waals surface area contributed by atoms with Crippen LogP contribution in [0.2, 0.25) is 0 Å². The Hall–Kier alpha value is -1.02. The van der Waals surface area contributed by atoms with Crippen LogP contribution in [-0.4, -0.2) is 18.8 Å². The molecule has 22 heavy (non-hydrogen) atoms. The van der Waals surface area contributed by atoms with Crippen LogP contribution in [0.5, 0.6) is 5.75 Å². The molecule has 1 aromatic carbocycles. The van der Waals surface area contributed by atoms with Crippen molar-refractivity contribution in [2.75, 3.05) is 13.7 Å². The Morgan fingerprint density at radius 3 is 2.45 bits per heavy atom. The van der Waals surface area contributed by atoms with Gasteiger partial charge in [0, 0.05) is 12.2 Å². The lowest BCUT2D eigenvalue weighted by Gasteiger charge is -2.36. The minimum atomic E-state index is 0.218. The van der Waals surface area contributed by atoms with E-state index in [-0.39, 0.29) is 12.0 Å². The number of ether oxygens (including phenoxy) is 1. The van der Waals surface area contributed by atoms with Crippen molar-refractivity contribution in [3.8, 4) is 5.75 Å². The molecule has 2 heteroatoms. The Bertz CT molecular complexity index is 473. The summed E-state index contributed by atoms with van der Waals surface area (Å²) in [5.41, 5.74) is 4.20. The first kappa shape index (κ1) is 17.3. The lowest BCUT2D eigenvalue weighted by Crippen LogP contribution is -2.26. The third kappa shape index (κ3) is 3.84. The summed E-state index contributed by atoms with van der Waals surface area (Å²) < 4.78 is 5.86. The molecule has 1 aliphatic rings. The maximum Gasteiger partial charge on any atom is 0.125 e. The van der Waals surface area contributed by atoms with Crippen molar-refractivity contribution in [1.82, 2.24) is 0 Å². The van der Waals surface area contributed by atoms with Gasteiger partial charge in [0.1, 0.15) is 5.75 Å². The number of hydrogen-bond acceptors (Lipinski definition) is 2. The summed E-state index contributed by atoms with van der Waals surface area (Å²) in [5, 5.41) is 9.35. The molecule has 0 saturated heterocycles. The van der Waals surface area contributed by atoms with Crippen LogP contribution in [0.4, 0.5) is 0 Å². The molecular weight excluding hydrogens is 272 g/mol. The second kappa shape index (κ2) is 8.01. The van der Waals surface area contributed by atoms with Gasteiger partial charge in [0.25, 0.3) is 0 Å². The van der Waals surface area contributed by atoms with Crippen molar-refractivity contribution in [3.63, 3.8) is 0 Å². The van der Waals surface area contributed by atoms with E-state index in [2.05, 4.69) is 26.0 Å². The lowest BCUT2D eigenvalue weighted by molar-refractivity contribution is 0.295. The van der Waals surface area contributed by atoms with Gasteiger partial charge in [-0.05, 0) is 48.6 Å². The quantitative estimate of drug-likeness (QED) is 0.784. The molecule has 0 spiro atoms. The highest BCUT2D eigenvalue weighted by molar-refractivity contribution is 5.49. The second-order valence-electron chi connectivity index (χ2n) is 7.03. The van der Waals surface area contributed by atoms with Crippen molar-refractivity contribution < 1.29 is 9.84 Å². The first-order valence-electron chi connectivity index (χ1n) is 8.95. The van der Waals surface area contributed by atoms with Crippen LogP contribution in [-0.2, 0) is 18.3 Å². The van der Waals surface area contributed by atoms with Crippen molar-refractivity contribution in [2.24, 2.45) is 0 Å². The fourth-order valence-electron chi connectivity index (χ4n) is 3.87. The zero-order valence-electron chi connectivity index (χ0n) is 14.6. The Morgan fingerprint density at radius 1 is 1.14 bits per heavy atom. The number of unbranched alkanes of at least 4 members (excludes halogenated alkanes) is 1. The maximum atomic E-state index is 9.35. The van der Waals surface area contributed by atoms with Gasteiger partial charge in [-0.2, -0.15) is 0 Å². The fraction of sp³-hybridized carbons (Fsp3) is 0.700. The molecule has 0 unspecified atom stereocenters. The van der Waals surface area contributed by atoms with Crippen molar-refractivity contribution in [1.29, 1.82) is 0 Å². The third-order valence-electron chi connectivity index (χ3n) is 5.24. The molecule has 0 heterocycles. The Balaban J connectivity index is 2.46. The molecule has 0 amide bonds. The summed E-state index contributed by atoms with van der Waals surface area (Å²) in [6.07, 6.45) is 10.7. The predicted octanol–water partition coefficient (Wildman–Crippen LogP) is 4.79. The zero-order valence-corrected chi connectivity index (χ0v) is 14.6. The Kier molecular flexibility index (Phi) is 6.31. The molecule has 2 rings (SSSR count). The Morgan fingerprint density at radius 2 is 1.86 bits per heavy atom. The van der Waals surface area contributed by atoms with E-state index in [0.717, 1.165) is 18.6 Å². The van der Waals surface area contributed by atoms with Gasteiger partial charge in [-0.1, -0.05) is 51.7 Å². The van der Waals surface area contributed by atoms with Crippen molar-refractivity contribution >= 4 is 0 Å². The van der Waals surface area contributed by atoms with Gasteiger partial charge in [-0.15, -0.1) is 0 Å². The van der Waals surface area contributed by atoms with E-state index in [1.165, 1.54) is 61.6 Å². The number of methoxy groups -OCH3 is 1. The zero-order chi connectivity index (χ0) is 16.0. The van der Waals surface area contributed by atoms with E-state index < -0.39 is 0 Å². The molecule has 0 aromatic heterocycles. The average Bonchev–Trinajstić information content (AvgIpc) is 2.53. The van der Waals surface area contributed by atoms with Crippen molar-refractivity contribution in [2.45, 2.75) is 77.0 Å². The van der Waals surface area contributed by atoms with E-state index in [0.29, 0.717) is 0 Å². The van der Waals surface area contributed by atoms with Gasteiger partial charge in [0.05, 0.1) is 7.11 Å². The summed E-state index contributed by atoms with van der Waals surface area (Å²) in [6, 6.07) is 4.55. The van der Waals surface area contributed by atoms with Crippen molar-refractivity contribution in [3.05, 3.63) is 28.8 Å². The highest BCUT2D eigenvalue weighted by Crippen LogP contribution is 2.44. The van der Waals surface area contributed by atoms with E-state index >= 15 is 0 Å². The number of aliphatic hydroxyl groups is 1. The smallest absolute Gasteiger partial charge is 0.125 e. The number of benzene rings is 1. The number of rotatable bonds is 7. The van der Waals surface area contributed by atoms with E-state index in [4.69, 9.17) is 4.74 Å². The highest BCUT2D eigenvalue weighted by atomic mass is 16.5. The number of hydrogen-bond donors (Lipinski definition) is 1. The lowest BCUT2D eigenvalue weighted by atomic mass is 9.69. The second-order valence-corrected chi connectivity index (χ2v) is 7.03. The van der Waals surface area contributed by atoms with Crippen LogP contribution in [0, 0.1) is 0 Å². The summed E-state index contributed by atoms with van der Waals surface area (Å²) in [7, 11) is 1.81. The topological polar surface area (TPSA) is 29.5 Å². The molecule has 2 nitrogen and oxygen atoms in total. The monoisotopic (exact) mass is 304 g/mol. The summed E-state index contributed by atoms with van der Waals surface area (Å²) in [5.74, 6) is 1.11. The van der Waals surface area contributed by atoms with Gasteiger partial charge in [0.15, 0.2) is 0 Å². The van der Waals surface area contributed by atoms with Crippen LogP contribution in [0.15, 0.2) is 12.1 Å². The van der Waals surface area contributed by atoms with Crippen LogP contribution in [0.1, 0.15) is 75.5 Å². The van der Waals surface area contributed by atoms with Crippen LogP contribution in [0.3, 0.4) is 0 Å². The van der Waals surface area contributed by atoms with Crippen LogP contribution < -0.4 is 4.74 Å². The first-order chi connectivity index (χ1) is 10.6. The van der Waals surface area contributed by atoms with Gasteiger partial charge in [0.2, 0.25) is 0 Å². The molecule has 1 N–H and O–H groups in total. The molecule has 0 atom stereocenters. The maximum absolute atomic E-state index is 9.35. The fourth-order valence-corrected chi connectivity index (χ4v) is 3.87. The van der Waals surface area contributed by atoms with E-state index in [9.17, 15) is 5.11 Å². The minimum absolute atomic E-state index is 0.218. The molecule has 1 aromatic rings. The standard InChI is InChI=1S/C20H32O2/c1-4-5-9-17-14-16(10-13-21)15-18(19(17)22-3)20(2)11-7-6-8-12-20/h14-15,21H,4-13H2,1-3H3. The van der Waals surface area contributed by atoms with E-state index in [1.54, 1.807) is 0 Å². The molecule has 1 saturated carbocycles. The molecule has 1 fully saturated rings. The average molecular weight is 304 g/mol. The number of aliphatic hydroxyl groups excluding tert-OH is 1. The minimum Gasteiger partial charge on any atom is -0.496 e. The van der Waals surface area contributed by atoms with Gasteiger partial charge in [-0.3, -0.25) is 0 Å². The summed E-state index contributed by atoms with van der Waals surface area (Å²) in [6.45, 7) is 4.85. The van der Waals surface area contributed by atoms with Gasteiger partial charge in [-0.25, -0.2) is 0 Å². The first-order valence-corrected chi connectivity index (χ1v) is 8.95. The largest absolute Gasteiger partial charge is 0.496 e. The molecule has 0 bridgehead atoms. The SMILES string of the molecule is CCCCc1cc(CCO)cc(C2(C)CCCCC2)c1OC.